The fourth-order valence-electron chi connectivity index (χ4n) is 2.56. The first-order valence-electron chi connectivity index (χ1n) is 7.95. The van der Waals surface area contributed by atoms with Crippen LogP contribution in [0.4, 0.5) is 11.4 Å². The molecule has 2 aromatic carbocycles. The highest BCUT2D eigenvalue weighted by Gasteiger charge is 2.31. The van der Waals surface area contributed by atoms with Gasteiger partial charge < -0.3 is 14.8 Å². The Balaban J connectivity index is 2.39. The molecular formula is C18H21ClN2O5S. The molecule has 0 aliphatic rings. The van der Waals surface area contributed by atoms with Crippen molar-refractivity contribution < 1.29 is 22.7 Å². The van der Waals surface area contributed by atoms with E-state index in [1.165, 1.54) is 27.2 Å². The minimum absolute atomic E-state index is 0.181. The summed E-state index contributed by atoms with van der Waals surface area (Å²) in [7, 11) is -0.882. The fourth-order valence-corrected chi connectivity index (χ4v) is 3.90. The number of carbonyl (C=O) groups is 1. The van der Waals surface area contributed by atoms with Gasteiger partial charge in [-0.25, -0.2) is 8.42 Å². The van der Waals surface area contributed by atoms with Gasteiger partial charge in [-0.05, 0) is 37.3 Å². The van der Waals surface area contributed by atoms with E-state index in [0.29, 0.717) is 16.5 Å². The summed E-state index contributed by atoms with van der Waals surface area (Å²) >= 11 is 6.02. The van der Waals surface area contributed by atoms with Crippen LogP contribution in [0.25, 0.3) is 0 Å². The molecule has 7 nitrogen and oxygen atoms in total. The first-order valence-corrected chi connectivity index (χ1v) is 10.2. The predicted molar refractivity (Wildman–Crippen MR) is 106 cm³/mol. The Morgan fingerprint density at radius 1 is 1.15 bits per heavy atom. The number of hydrogen-bond acceptors (Lipinski definition) is 5. The Labute approximate surface area is 163 Å². The second kappa shape index (κ2) is 8.49. The minimum atomic E-state index is -3.81. The number of halogens is 1. The largest absolute Gasteiger partial charge is 0.497 e. The van der Waals surface area contributed by atoms with Crippen molar-refractivity contribution in [3.63, 3.8) is 0 Å². The van der Waals surface area contributed by atoms with E-state index in [0.717, 1.165) is 10.6 Å². The Morgan fingerprint density at radius 2 is 1.85 bits per heavy atom. The van der Waals surface area contributed by atoms with Crippen LogP contribution in [0, 0.1) is 0 Å². The lowest BCUT2D eigenvalue weighted by Gasteiger charge is -2.29. The zero-order valence-corrected chi connectivity index (χ0v) is 17.0. The zero-order chi connectivity index (χ0) is 20.2. The van der Waals surface area contributed by atoms with Crippen LogP contribution in [0.2, 0.25) is 5.02 Å². The number of carbonyl (C=O) groups excluding carboxylic acids is 1. The van der Waals surface area contributed by atoms with E-state index >= 15 is 0 Å². The summed E-state index contributed by atoms with van der Waals surface area (Å²) in [6, 6.07) is 10.3. The van der Waals surface area contributed by atoms with Crippen molar-refractivity contribution in [2.75, 3.05) is 30.1 Å². The van der Waals surface area contributed by atoms with Crippen LogP contribution >= 0.6 is 11.6 Å². The molecule has 1 amide bonds. The van der Waals surface area contributed by atoms with Crippen LogP contribution in [0.15, 0.2) is 42.5 Å². The van der Waals surface area contributed by atoms with Crippen molar-refractivity contribution in [2.24, 2.45) is 0 Å². The van der Waals surface area contributed by atoms with E-state index in [-0.39, 0.29) is 11.4 Å². The van der Waals surface area contributed by atoms with E-state index < -0.39 is 22.0 Å². The normalized spacial score (nSPS) is 12.2. The Hall–Kier alpha value is -2.45. The summed E-state index contributed by atoms with van der Waals surface area (Å²) in [6.45, 7) is 1.48. The molecule has 0 aromatic heterocycles. The lowest BCUT2D eigenvalue weighted by Crippen LogP contribution is -2.45. The van der Waals surface area contributed by atoms with E-state index in [4.69, 9.17) is 21.1 Å². The van der Waals surface area contributed by atoms with Crippen molar-refractivity contribution in [3.8, 4) is 11.5 Å². The topological polar surface area (TPSA) is 84.9 Å². The zero-order valence-electron chi connectivity index (χ0n) is 15.4. The van der Waals surface area contributed by atoms with E-state index in [1.54, 1.807) is 36.4 Å². The number of ether oxygens (including phenoxy) is 2. The molecule has 0 saturated heterocycles. The van der Waals surface area contributed by atoms with Crippen molar-refractivity contribution in [1.29, 1.82) is 0 Å². The third-order valence-electron chi connectivity index (χ3n) is 3.80. The summed E-state index contributed by atoms with van der Waals surface area (Å²) in [5.41, 5.74) is 0.665. The molecule has 0 spiro atoms. The van der Waals surface area contributed by atoms with Crippen molar-refractivity contribution in [3.05, 3.63) is 47.5 Å². The van der Waals surface area contributed by atoms with E-state index in [1.807, 2.05) is 0 Å². The molecule has 0 radical (unpaired) electrons. The second-order valence-electron chi connectivity index (χ2n) is 5.77. The Bertz CT molecular complexity index is 933. The van der Waals surface area contributed by atoms with E-state index in [2.05, 4.69) is 5.32 Å². The number of nitrogens with one attached hydrogen (secondary N) is 1. The molecule has 146 valence electrons. The van der Waals surface area contributed by atoms with Gasteiger partial charge in [0.1, 0.15) is 17.5 Å². The van der Waals surface area contributed by atoms with Gasteiger partial charge in [0.15, 0.2) is 0 Å². The predicted octanol–water partition coefficient (Wildman–Crippen LogP) is 3.15. The van der Waals surface area contributed by atoms with Crippen molar-refractivity contribution in [1.82, 2.24) is 0 Å². The lowest BCUT2D eigenvalue weighted by atomic mass is 10.2. The minimum Gasteiger partial charge on any atom is -0.497 e. The van der Waals surface area contributed by atoms with Crippen molar-refractivity contribution >= 4 is 38.9 Å². The maximum absolute atomic E-state index is 12.7. The maximum Gasteiger partial charge on any atom is 0.247 e. The van der Waals surface area contributed by atoms with Crippen LogP contribution in [0.3, 0.4) is 0 Å². The number of amides is 1. The van der Waals surface area contributed by atoms with Crippen LogP contribution in [0.1, 0.15) is 6.92 Å². The molecule has 2 rings (SSSR count). The number of sulfonamides is 1. The van der Waals surface area contributed by atoms with Gasteiger partial charge in [0, 0.05) is 16.8 Å². The first kappa shape index (κ1) is 20.9. The van der Waals surface area contributed by atoms with Gasteiger partial charge in [-0.15, -0.1) is 0 Å². The summed E-state index contributed by atoms with van der Waals surface area (Å²) in [6.07, 6.45) is 1.02. The number of benzene rings is 2. The van der Waals surface area contributed by atoms with Gasteiger partial charge in [0.2, 0.25) is 15.9 Å². The van der Waals surface area contributed by atoms with Gasteiger partial charge in [0.05, 0.1) is 26.2 Å². The smallest absolute Gasteiger partial charge is 0.247 e. The standard InChI is InChI=1S/C18H21ClN2O5S/c1-12(18(22)20-14-6-5-7-15(11-14)25-2)21(27(4,23)24)16-10-13(19)8-9-17(16)26-3/h5-12H,1-4H3,(H,20,22)/t12-/m1/s1. The maximum atomic E-state index is 12.7. The van der Waals surface area contributed by atoms with Crippen LogP contribution < -0.4 is 19.1 Å². The number of anilines is 2. The highest BCUT2D eigenvalue weighted by Crippen LogP contribution is 2.34. The molecule has 0 bridgehead atoms. The highest BCUT2D eigenvalue weighted by molar-refractivity contribution is 7.92. The summed E-state index contributed by atoms with van der Waals surface area (Å²) in [5.74, 6) is 0.332. The molecular weight excluding hydrogens is 392 g/mol. The van der Waals surface area contributed by atoms with Crippen molar-refractivity contribution in [2.45, 2.75) is 13.0 Å². The van der Waals surface area contributed by atoms with Gasteiger partial charge in [-0.3, -0.25) is 9.10 Å². The summed E-state index contributed by atoms with van der Waals surface area (Å²) in [5, 5.41) is 3.01. The van der Waals surface area contributed by atoms with Gasteiger partial charge in [0.25, 0.3) is 0 Å². The lowest BCUT2D eigenvalue weighted by molar-refractivity contribution is -0.116. The fraction of sp³-hybridized carbons (Fsp3) is 0.278. The van der Waals surface area contributed by atoms with Gasteiger partial charge in [-0.1, -0.05) is 17.7 Å². The Kier molecular flexibility index (Phi) is 6.56. The third kappa shape index (κ3) is 5.05. The molecule has 0 aliphatic heterocycles. The SMILES string of the molecule is COc1cccc(NC(=O)[C@@H](C)N(c2cc(Cl)ccc2OC)S(C)(=O)=O)c1. The molecule has 0 saturated carbocycles. The molecule has 0 heterocycles. The van der Waals surface area contributed by atoms with Crippen LogP contribution in [-0.4, -0.2) is 40.8 Å². The summed E-state index contributed by atoms with van der Waals surface area (Å²) < 4.78 is 36.2. The monoisotopic (exact) mass is 412 g/mol. The van der Waals surface area contributed by atoms with Crippen LogP contribution in [-0.2, 0) is 14.8 Å². The van der Waals surface area contributed by atoms with Crippen LogP contribution in [0.5, 0.6) is 11.5 Å². The molecule has 2 aromatic rings. The average molecular weight is 413 g/mol. The van der Waals surface area contributed by atoms with Gasteiger partial charge in [-0.2, -0.15) is 0 Å². The molecule has 1 N–H and O–H groups in total. The third-order valence-corrected chi connectivity index (χ3v) is 5.27. The molecule has 0 unspecified atom stereocenters. The van der Waals surface area contributed by atoms with Gasteiger partial charge >= 0.3 is 0 Å². The molecule has 27 heavy (non-hydrogen) atoms. The number of rotatable bonds is 7. The number of nitrogens with zero attached hydrogens (tertiary/aromatic N) is 1. The highest BCUT2D eigenvalue weighted by atomic mass is 35.5. The van der Waals surface area contributed by atoms with E-state index in [9.17, 15) is 13.2 Å². The Morgan fingerprint density at radius 3 is 2.44 bits per heavy atom. The second-order valence-corrected chi connectivity index (χ2v) is 8.07. The molecule has 1 atom stereocenters. The quantitative estimate of drug-likeness (QED) is 0.755. The molecule has 0 aliphatic carbocycles. The molecule has 9 heteroatoms. The summed E-state index contributed by atoms with van der Waals surface area (Å²) in [4.78, 5) is 12.7. The first-order chi connectivity index (χ1) is 12.7. The number of hydrogen-bond donors (Lipinski definition) is 1. The average Bonchev–Trinajstić information content (AvgIpc) is 2.61. The molecule has 0 fully saturated rings. The number of methoxy groups -OCH3 is 2.